The molecular weight excluding hydrogens is 557 g/mol. The highest BCUT2D eigenvalue weighted by Gasteiger charge is 2.46. The number of carbonyl (C=O) groups excluding carboxylic acids is 2. The number of amides is 3. The number of thiazole rings is 1. The molecule has 1 aromatic carbocycles. The van der Waals surface area contributed by atoms with E-state index in [4.69, 9.17) is 0 Å². The molecule has 4 heterocycles. The number of anilines is 3. The SMILES string of the molecule is Cc1nc(Nc2cccc(N3CCNC3=O)n2)sc1-c1cc2c(c(S(C)(=O)=O)c1)C(=O)N([C@@H](C)C(F)(F)F)C2. The zero-order valence-corrected chi connectivity index (χ0v) is 22.6. The van der Waals surface area contributed by atoms with Gasteiger partial charge >= 0.3 is 12.2 Å². The van der Waals surface area contributed by atoms with Gasteiger partial charge in [0.05, 0.1) is 21.0 Å². The minimum absolute atomic E-state index is 0.203. The lowest BCUT2D eigenvalue weighted by Crippen LogP contribution is -2.43. The molecule has 10 nitrogen and oxygen atoms in total. The van der Waals surface area contributed by atoms with Crippen LogP contribution < -0.4 is 15.5 Å². The summed E-state index contributed by atoms with van der Waals surface area (Å²) in [4.78, 5) is 36.3. The molecule has 1 fully saturated rings. The lowest BCUT2D eigenvalue weighted by atomic mass is 10.0. The van der Waals surface area contributed by atoms with Crippen LogP contribution in [0.4, 0.5) is 34.7 Å². The van der Waals surface area contributed by atoms with Crippen LogP contribution in [0.25, 0.3) is 10.4 Å². The van der Waals surface area contributed by atoms with Crippen LogP contribution >= 0.6 is 11.3 Å². The number of pyridine rings is 1. The fourth-order valence-electron chi connectivity index (χ4n) is 4.51. The first-order valence-corrected chi connectivity index (χ1v) is 14.5. The van der Waals surface area contributed by atoms with Gasteiger partial charge in [-0.25, -0.2) is 23.2 Å². The molecule has 206 valence electrons. The van der Waals surface area contributed by atoms with Gasteiger partial charge in [0, 0.05) is 25.9 Å². The summed E-state index contributed by atoms with van der Waals surface area (Å²) in [6, 6.07) is 5.67. The third kappa shape index (κ3) is 5.03. The Hall–Kier alpha value is -3.72. The number of nitrogens with one attached hydrogen (secondary N) is 2. The van der Waals surface area contributed by atoms with Gasteiger partial charge in [-0.1, -0.05) is 17.4 Å². The largest absolute Gasteiger partial charge is 0.408 e. The number of benzene rings is 1. The normalized spacial score (nSPS) is 16.5. The molecule has 2 aliphatic rings. The second-order valence-electron chi connectivity index (χ2n) is 9.25. The molecule has 3 aromatic rings. The highest BCUT2D eigenvalue weighted by Crippen LogP contribution is 2.40. The number of sulfone groups is 1. The summed E-state index contributed by atoms with van der Waals surface area (Å²) in [6.45, 7) is 3.22. The Labute approximate surface area is 225 Å². The van der Waals surface area contributed by atoms with Crippen molar-refractivity contribution in [1.82, 2.24) is 20.2 Å². The van der Waals surface area contributed by atoms with Gasteiger partial charge in [0.25, 0.3) is 5.91 Å². The third-order valence-corrected chi connectivity index (χ3v) is 8.74. The number of nitrogens with zero attached hydrogens (tertiary/aromatic N) is 4. The van der Waals surface area contributed by atoms with E-state index >= 15 is 0 Å². The molecule has 1 atom stereocenters. The number of alkyl halides is 3. The van der Waals surface area contributed by atoms with E-state index in [-0.39, 0.29) is 28.6 Å². The van der Waals surface area contributed by atoms with Crippen LogP contribution in [0.2, 0.25) is 0 Å². The van der Waals surface area contributed by atoms with Crippen LogP contribution in [0.3, 0.4) is 0 Å². The molecule has 2 N–H and O–H groups in total. The van der Waals surface area contributed by atoms with E-state index in [0.29, 0.717) is 50.9 Å². The van der Waals surface area contributed by atoms with Crippen molar-refractivity contribution in [2.75, 3.05) is 29.6 Å². The fourth-order valence-corrected chi connectivity index (χ4v) is 6.40. The first kappa shape index (κ1) is 26.9. The zero-order valence-electron chi connectivity index (χ0n) is 21.0. The highest BCUT2D eigenvalue weighted by atomic mass is 32.2. The van der Waals surface area contributed by atoms with Crippen LogP contribution in [0.15, 0.2) is 35.2 Å². The molecule has 2 aromatic heterocycles. The van der Waals surface area contributed by atoms with Gasteiger partial charge in [-0.2, -0.15) is 13.2 Å². The minimum Gasteiger partial charge on any atom is -0.336 e. The van der Waals surface area contributed by atoms with E-state index in [2.05, 4.69) is 20.6 Å². The molecule has 2 aliphatic heterocycles. The third-order valence-electron chi connectivity index (χ3n) is 6.50. The van der Waals surface area contributed by atoms with E-state index in [1.807, 2.05) is 0 Å². The topological polar surface area (TPSA) is 125 Å². The number of hydrogen-bond donors (Lipinski definition) is 2. The van der Waals surface area contributed by atoms with E-state index < -0.39 is 28.0 Å². The number of aromatic nitrogens is 2. The van der Waals surface area contributed by atoms with Gasteiger partial charge in [0.2, 0.25) is 0 Å². The maximum Gasteiger partial charge on any atom is 0.408 e. The van der Waals surface area contributed by atoms with Crippen molar-refractivity contribution in [2.45, 2.75) is 37.5 Å². The van der Waals surface area contributed by atoms with E-state index in [1.54, 1.807) is 31.2 Å². The molecule has 0 bridgehead atoms. The maximum atomic E-state index is 13.4. The molecule has 0 radical (unpaired) electrons. The Balaban J connectivity index is 1.49. The number of carbonyl (C=O) groups is 2. The Morgan fingerprint density at radius 2 is 1.92 bits per heavy atom. The molecule has 15 heteroatoms. The van der Waals surface area contributed by atoms with Gasteiger partial charge in [-0.05, 0) is 49.2 Å². The van der Waals surface area contributed by atoms with Crippen molar-refractivity contribution in [1.29, 1.82) is 0 Å². The van der Waals surface area contributed by atoms with Crippen LogP contribution in [-0.2, 0) is 16.4 Å². The molecule has 0 aliphatic carbocycles. The Morgan fingerprint density at radius 1 is 1.18 bits per heavy atom. The summed E-state index contributed by atoms with van der Waals surface area (Å²) >= 11 is 1.19. The Morgan fingerprint density at radius 3 is 2.56 bits per heavy atom. The highest BCUT2D eigenvalue weighted by molar-refractivity contribution is 7.90. The van der Waals surface area contributed by atoms with Crippen LogP contribution in [0, 0.1) is 6.92 Å². The predicted molar refractivity (Wildman–Crippen MR) is 139 cm³/mol. The standard InChI is InChI=1S/C24H23F3N6O4S2/c1-12-20(38-22(29-12)31-17-5-4-6-18(30-17)32-8-7-28-23(32)35)14-9-15-11-33(13(2)24(25,26)27)21(34)19(15)16(10-14)39(3,36)37/h4-6,9-10,13H,7-8,11H2,1-3H3,(H,28,35)(H,29,30,31)/t13-/m0/s1. The maximum absolute atomic E-state index is 13.4. The zero-order chi connectivity index (χ0) is 28.3. The molecule has 0 saturated carbocycles. The number of hydrogen-bond acceptors (Lipinski definition) is 8. The van der Waals surface area contributed by atoms with Gasteiger partial charge in [0.1, 0.15) is 17.7 Å². The monoisotopic (exact) mass is 580 g/mol. The van der Waals surface area contributed by atoms with Gasteiger partial charge in [-0.3, -0.25) is 9.69 Å². The molecular formula is C24H23F3N6O4S2. The molecule has 0 unspecified atom stereocenters. The summed E-state index contributed by atoms with van der Waals surface area (Å²) in [7, 11) is -3.96. The molecule has 0 spiro atoms. The van der Waals surface area contributed by atoms with Gasteiger partial charge in [-0.15, -0.1) is 0 Å². The second kappa shape index (κ2) is 9.48. The molecule has 3 amide bonds. The molecule has 1 saturated heterocycles. The van der Waals surface area contributed by atoms with Crippen molar-refractivity contribution in [2.24, 2.45) is 0 Å². The van der Waals surface area contributed by atoms with Crippen molar-refractivity contribution in [3.63, 3.8) is 0 Å². The summed E-state index contributed by atoms with van der Waals surface area (Å²) in [5, 5.41) is 6.23. The number of fused-ring (bicyclic) bond motifs is 1. The number of urea groups is 1. The molecule has 39 heavy (non-hydrogen) atoms. The van der Waals surface area contributed by atoms with Crippen molar-refractivity contribution in [3.05, 3.63) is 47.2 Å². The van der Waals surface area contributed by atoms with E-state index in [0.717, 1.165) is 13.2 Å². The number of halogens is 3. The Kier molecular flexibility index (Phi) is 6.53. The first-order valence-electron chi connectivity index (χ1n) is 11.8. The average molecular weight is 581 g/mol. The lowest BCUT2D eigenvalue weighted by Gasteiger charge is -2.26. The van der Waals surface area contributed by atoms with Crippen molar-refractivity contribution >= 4 is 49.9 Å². The minimum atomic E-state index is -4.66. The fraction of sp³-hybridized carbons (Fsp3) is 0.333. The average Bonchev–Trinajstić information content (AvgIpc) is 3.53. The summed E-state index contributed by atoms with van der Waals surface area (Å²) < 4.78 is 65.4. The summed E-state index contributed by atoms with van der Waals surface area (Å²) in [5.41, 5.74) is 0.934. The first-order chi connectivity index (χ1) is 18.2. The van der Waals surface area contributed by atoms with Gasteiger partial charge < -0.3 is 15.5 Å². The summed E-state index contributed by atoms with van der Waals surface area (Å²) in [6.07, 6.45) is -3.74. The van der Waals surface area contributed by atoms with Gasteiger partial charge in [0.15, 0.2) is 15.0 Å². The van der Waals surface area contributed by atoms with E-state index in [9.17, 15) is 31.2 Å². The van der Waals surface area contributed by atoms with Crippen LogP contribution in [-0.4, -0.2) is 66.8 Å². The predicted octanol–water partition coefficient (Wildman–Crippen LogP) is 4.10. The molecule has 5 rings (SSSR count). The second-order valence-corrected chi connectivity index (χ2v) is 12.2. The van der Waals surface area contributed by atoms with Crippen LogP contribution in [0.1, 0.15) is 28.5 Å². The number of aryl methyl sites for hydroxylation is 1. The van der Waals surface area contributed by atoms with Crippen LogP contribution in [0.5, 0.6) is 0 Å². The van der Waals surface area contributed by atoms with Crippen molar-refractivity contribution in [3.8, 4) is 10.4 Å². The Bertz CT molecular complexity index is 1610. The number of rotatable bonds is 6. The van der Waals surface area contributed by atoms with E-state index in [1.165, 1.54) is 22.3 Å². The smallest absolute Gasteiger partial charge is 0.336 e. The van der Waals surface area contributed by atoms with Crippen molar-refractivity contribution < 1.29 is 31.2 Å². The summed E-state index contributed by atoms with van der Waals surface area (Å²) in [5.74, 6) is -0.0781. The quantitative estimate of drug-likeness (QED) is 0.450. The lowest BCUT2D eigenvalue weighted by molar-refractivity contribution is -0.172.